The quantitative estimate of drug-likeness (QED) is 0.779. The van der Waals surface area contributed by atoms with Crippen molar-refractivity contribution in [1.29, 1.82) is 0 Å². The molecular weight excluding hydrogens is 234 g/mol. The monoisotopic (exact) mass is 245 g/mol. The van der Waals surface area contributed by atoms with Crippen LogP contribution in [0.5, 0.6) is 0 Å². The summed E-state index contributed by atoms with van der Waals surface area (Å²) in [6, 6.07) is 0.347. The number of aryl methyl sites for hydroxylation is 1. The molecule has 0 atom stereocenters. The highest BCUT2D eigenvalue weighted by molar-refractivity contribution is 9.10. The first-order valence-electron chi connectivity index (χ1n) is 4.19. The lowest BCUT2D eigenvalue weighted by atomic mass is 10.1. The zero-order valence-corrected chi connectivity index (χ0v) is 9.03. The molecule has 1 fully saturated rings. The van der Waals surface area contributed by atoms with Crippen LogP contribution in [-0.2, 0) is 13.6 Å². The minimum Gasteiger partial charge on any atom is -0.325 e. The lowest BCUT2D eigenvalue weighted by Crippen LogP contribution is -2.55. The van der Waals surface area contributed by atoms with Gasteiger partial charge in [0, 0.05) is 32.7 Å². The van der Waals surface area contributed by atoms with E-state index in [2.05, 4.69) is 31.1 Å². The molecule has 0 radical (unpaired) electrons. The number of aromatic nitrogens is 3. The van der Waals surface area contributed by atoms with Crippen molar-refractivity contribution in [2.75, 3.05) is 13.1 Å². The topological polar surface area (TPSA) is 60.0 Å². The molecular formula is C7H12BrN5. The van der Waals surface area contributed by atoms with Crippen LogP contribution < -0.4 is 5.73 Å². The van der Waals surface area contributed by atoms with Gasteiger partial charge in [-0.1, -0.05) is 5.21 Å². The van der Waals surface area contributed by atoms with E-state index in [-0.39, 0.29) is 0 Å². The second-order valence-corrected chi connectivity index (χ2v) is 4.16. The Morgan fingerprint density at radius 3 is 2.77 bits per heavy atom. The molecule has 0 aliphatic carbocycles. The highest BCUT2D eigenvalue weighted by Crippen LogP contribution is 2.17. The van der Waals surface area contributed by atoms with Crippen molar-refractivity contribution in [2.45, 2.75) is 12.6 Å². The molecule has 13 heavy (non-hydrogen) atoms. The molecule has 0 spiro atoms. The third kappa shape index (κ3) is 1.74. The summed E-state index contributed by atoms with van der Waals surface area (Å²) in [7, 11) is 1.90. The summed E-state index contributed by atoms with van der Waals surface area (Å²) in [5.41, 5.74) is 6.79. The van der Waals surface area contributed by atoms with Crippen LogP contribution in [0.2, 0.25) is 0 Å². The minimum absolute atomic E-state index is 0.347. The minimum atomic E-state index is 0.347. The summed E-state index contributed by atoms with van der Waals surface area (Å²) in [5.74, 6) is 0. The zero-order valence-electron chi connectivity index (χ0n) is 7.44. The van der Waals surface area contributed by atoms with Crippen LogP contribution in [0.4, 0.5) is 0 Å². The summed E-state index contributed by atoms with van der Waals surface area (Å²) < 4.78 is 2.61. The Morgan fingerprint density at radius 2 is 2.31 bits per heavy atom. The molecule has 2 heterocycles. The van der Waals surface area contributed by atoms with Gasteiger partial charge in [0.1, 0.15) is 0 Å². The predicted octanol–water partition coefficient (Wildman–Crippen LogP) is -0.280. The maximum atomic E-state index is 5.68. The largest absolute Gasteiger partial charge is 0.325 e. The molecule has 1 aromatic heterocycles. The number of rotatable bonds is 2. The van der Waals surface area contributed by atoms with E-state index in [9.17, 15) is 0 Å². The molecule has 6 heteroatoms. The maximum absolute atomic E-state index is 5.68. The van der Waals surface area contributed by atoms with Gasteiger partial charge in [0.05, 0.1) is 5.69 Å². The van der Waals surface area contributed by atoms with Crippen molar-refractivity contribution in [3.63, 3.8) is 0 Å². The van der Waals surface area contributed by atoms with Crippen molar-refractivity contribution in [2.24, 2.45) is 12.8 Å². The summed E-state index contributed by atoms with van der Waals surface area (Å²) >= 11 is 3.36. The van der Waals surface area contributed by atoms with Gasteiger partial charge in [0.25, 0.3) is 0 Å². The Balaban J connectivity index is 2.01. The molecule has 0 unspecified atom stereocenters. The van der Waals surface area contributed by atoms with Crippen LogP contribution in [0.15, 0.2) is 4.60 Å². The summed E-state index contributed by atoms with van der Waals surface area (Å²) in [6.45, 7) is 2.81. The van der Waals surface area contributed by atoms with E-state index >= 15 is 0 Å². The first-order valence-corrected chi connectivity index (χ1v) is 4.98. The Morgan fingerprint density at radius 1 is 1.62 bits per heavy atom. The fourth-order valence-corrected chi connectivity index (χ4v) is 1.92. The van der Waals surface area contributed by atoms with Crippen LogP contribution in [0.25, 0.3) is 0 Å². The zero-order chi connectivity index (χ0) is 9.42. The van der Waals surface area contributed by atoms with Crippen molar-refractivity contribution < 1.29 is 0 Å². The molecule has 0 amide bonds. The van der Waals surface area contributed by atoms with Gasteiger partial charge in [-0.2, -0.15) is 0 Å². The molecule has 0 bridgehead atoms. The van der Waals surface area contributed by atoms with E-state index < -0.39 is 0 Å². The van der Waals surface area contributed by atoms with Crippen LogP contribution in [0.1, 0.15) is 5.69 Å². The maximum Gasteiger partial charge on any atom is 0.152 e. The Labute approximate surface area is 85.0 Å². The first kappa shape index (κ1) is 9.11. The number of likely N-dealkylation sites (tertiary alicyclic amines) is 1. The summed E-state index contributed by atoms with van der Waals surface area (Å²) in [6.07, 6.45) is 0. The molecule has 1 aliphatic rings. The molecule has 1 saturated heterocycles. The molecule has 0 saturated carbocycles. The van der Waals surface area contributed by atoms with Gasteiger partial charge in [-0.3, -0.25) is 4.90 Å². The Kier molecular flexibility index (Phi) is 2.35. The van der Waals surface area contributed by atoms with Crippen molar-refractivity contribution in [1.82, 2.24) is 19.9 Å². The molecule has 1 aliphatic heterocycles. The SMILES string of the molecule is Cn1nnc(Br)c1CN1CC(N)C1. The smallest absolute Gasteiger partial charge is 0.152 e. The van der Waals surface area contributed by atoms with Crippen LogP contribution in [0, 0.1) is 0 Å². The second kappa shape index (κ2) is 3.36. The number of hydrogen-bond acceptors (Lipinski definition) is 4. The van der Waals surface area contributed by atoms with E-state index in [1.165, 1.54) is 0 Å². The van der Waals surface area contributed by atoms with Crippen molar-refractivity contribution in [3.05, 3.63) is 10.3 Å². The summed E-state index contributed by atoms with van der Waals surface area (Å²) in [5, 5.41) is 7.83. The molecule has 2 rings (SSSR count). The summed E-state index contributed by atoms with van der Waals surface area (Å²) in [4.78, 5) is 2.27. The molecule has 2 N–H and O–H groups in total. The fourth-order valence-electron chi connectivity index (χ4n) is 1.47. The van der Waals surface area contributed by atoms with Crippen LogP contribution in [-0.4, -0.2) is 39.0 Å². The third-order valence-electron chi connectivity index (χ3n) is 2.25. The normalized spacial score (nSPS) is 19.0. The molecule has 72 valence electrons. The van der Waals surface area contributed by atoms with Crippen LogP contribution in [0.3, 0.4) is 0 Å². The molecule has 0 aromatic carbocycles. The number of nitrogens with zero attached hydrogens (tertiary/aromatic N) is 4. The second-order valence-electron chi connectivity index (χ2n) is 3.40. The van der Waals surface area contributed by atoms with E-state index in [0.29, 0.717) is 6.04 Å². The van der Waals surface area contributed by atoms with Crippen LogP contribution >= 0.6 is 15.9 Å². The molecule has 5 nitrogen and oxygen atoms in total. The Bertz CT molecular complexity index is 284. The highest BCUT2D eigenvalue weighted by Gasteiger charge is 2.24. The molecule has 1 aromatic rings. The van der Waals surface area contributed by atoms with Gasteiger partial charge in [-0.15, -0.1) is 5.10 Å². The first-order chi connectivity index (χ1) is 6.16. The number of hydrogen-bond donors (Lipinski definition) is 1. The van der Waals surface area contributed by atoms with Crippen molar-refractivity contribution >= 4 is 15.9 Å². The Hall–Kier alpha value is -0.460. The lowest BCUT2D eigenvalue weighted by molar-refractivity contribution is 0.138. The average Bonchev–Trinajstić information content (AvgIpc) is 2.32. The highest BCUT2D eigenvalue weighted by atomic mass is 79.9. The standard InChI is InChI=1S/C7H12BrN5/c1-12-6(7(8)10-11-12)4-13-2-5(9)3-13/h5H,2-4,9H2,1H3. The lowest BCUT2D eigenvalue weighted by Gasteiger charge is -2.36. The predicted molar refractivity (Wildman–Crippen MR) is 52.0 cm³/mol. The third-order valence-corrected chi connectivity index (χ3v) is 2.87. The fraction of sp³-hybridized carbons (Fsp3) is 0.714. The van der Waals surface area contributed by atoms with E-state index in [1.807, 2.05) is 7.05 Å². The average molecular weight is 246 g/mol. The van der Waals surface area contributed by atoms with Gasteiger partial charge < -0.3 is 5.73 Å². The number of halogens is 1. The number of nitrogens with two attached hydrogens (primary N) is 1. The van der Waals surface area contributed by atoms with E-state index in [4.69, 9.17) is 5.73 Å². The van der Waals surface area contributed by atoms with Gasteiger partial charge in [-0.05, 0) is 15.9 Å². The van der Waals surface area contributed by atoms with Gasteiger partial charge in [-0.25, -0.2) is 4.68 Å². The van der Waals surface area contributed by atoms with Crippen molar-refractivity contribution in [3.8, 4) is 0 Å². The van der Waals surface area contributed by atoms with E-state index in [1.54, 1.807) is 4.68 Å². The van der Waals surface area contributed by atoms with Gasteiger partial charge >= 0.3 is 0 Å². The van der Waals surface area contributed by atoms with Gasteiger partial charge in [0.2, 0.25) is 0 Å². The van der Waals surface area contributed by atoms with E-state index in [0.717, 1.165) is 29.9 Å². The van der Waals surface area contributed by atoms with Gasteiger partial charge in [0.15, 0.2) is 4.60 Å².